The normalized spacial score (nSPS) is 12.1. The number of carbonyl (C=O) groups excluding carboxylic acids is 1. The summed E-state index contributed by atoms with van der Waals surface area (Å²) in [5.74, 6) is 0.434. The van der Waals surface area contributed by atoms with Crippen molar-refractivity contribution in [3.63, 3.8) is 0 Å². The molecule has 1 aromatic carbocycles. The molecule has 6 nitrogen and oxygen atoms in total. The number of guanidine groups is 1. The summed E-state index contributed by atoms with van der Waals surface area (Å²) in [6.45, 7) is 4.52. The van der Waals surface area contributed by atoms with Crippen molar-refractivity contribution < 1.29 is 14.3 Å². The van der Waals surface area contributed by atoms with Crippen LogP contribution in [0.3, 0.4) is 0 Å². The first kappa shape index (κ1) is 20.5. The molecule has 0 heterocycles. The lowest BCUT2D eigenvalue weighted by Crippen LogP contribution is -2.38. The fraction of sp³-hybridized carbons (Fsp3) is 0.467. The SMILES string of the molecule is CCC(C)NC(N)=NCc1ccc(C(=O)OC)c(OC)c1.I. The fourth-order valence-corrected chi connectivity index (χ4v) is 1.69. The molecule has 0 aliphatic heterocycles. The summed E-state index contributed by atoms with van der Waals surface area (Å²) >= 11 is 0. The molecular formula is C15H24IN3O3. The number of aliphatic imine (C=N–C) groups is 1. The largest absolute Gasteiger partial charge is 0.496 e. The smallest absolute Gasteiger partial charge is 0.341 e. The van der Waals surface area contributed by atoms with Gasteiger partial charge in [-0.25, -0.2) is 9.79 Å². The van der Waals surface area contributed by atoms with Crippen LogP contribution >= 0.6 is 24.0 Å². The van der Waals surface area contributed by atoms with Gasteiger partial charge in [0.25, 0.3) is 0 Å². The quantitative estimate of drug-likeness (QED) is 0.319. The van der Waals surface area contributed by atoms with Crippen molar-refractivity contribution in [1.29, 1.82) is 0 Å². The molecule has 124 valence electrons. The number of halogens is 1. The highest BCUT2D eigenvalue weighted by Crippen LogP contribution is 2.21. The second kappa shape index (κ2) is 10.3. The lowest BCUT2D eigenvalue weighted by Gasteiger charge is -2.12. The standard InChI is InChI=1S/C15H23N3O3.HI/c1-5-10(2)18-15(16)17-9-11-6-7-12(14(19)21-4)13(8-11)20-3;/h6-8,10H,5,9H2,1-4H3,(H3,16,17,18);1H. The zero-order valence-corrected chi connectivity index (χ0v) is 15.7. The van der Waals surface area contributed by atoms with Gasteiger partial charge in [-0.05, 0) is 31.0 Å². The second-order valence-electron chi connectivity index (χ2n) is 4.68. The molecule has 0 saturated carbocycles. The van der Waals surface area contributed by atoms with E-state index in [1.165, 1.54) is 14.2 Å². The average molecular weight is 421 g/mol. The Balaban J connectivity index is 0.00000441. The first-order valence-corrected chi connectivity index (χ1v) is 6.83. The Kier molecular flexibility index (Phi) is 9.55. The molecule has 0 fully saturated rings. The van der Waals surface area contributed by atoms with Gasteiger partial charge in [0.05, 0.1) is 20.8 Å². The molecule has 0 radical (unpaired) electrons. The minimum atomic E-state index is -0.431. The summed E-state index contributed by atoms with van der Waals surface area (Å²) in [5, 5.41) is 3.09. The zero-order chi connectivity index (χ0) is 15.8. The van der Waals surface area contributed by atoms with Crippen LogP contribution in [0.2, 0.25) is 0 Å². The Bertz CT molecular complexity index is 521. The van der Waals surface area contributed by atoms with Crippen LogP contribution in [-0.4, -0.2) is 32.2 Å². The molecule has 3 N–H and O–H groups in total. The van der Waals surface area contributed by atoms with Crippen LogP contribution in [0.5, 0.6) is 5.75 Å². The van der Waals surface area contributed by atoms with Crippen molar-refractivity contribution in [3.8, 4) is 5.75 Å². The van der Waals surface area contributed by atoms with Crippen LogP contribution in [0.25, 0.3) is 0 Å². The Labute approximate surface area is 148 Å². The zero-order valence-electron chi connectivity index (χ0n) is 13.4. The molecule has 1 unspecified atom stereocenters. The van der Waals surface area contributed by atoms with Gasteiger partial charge in [-0.2, -0.15) is 0 Å². The molecule has 0 spiro atoms. The van der Waals surface area contributed by atoms with E-state index in [1.54, 1.807) is 18.2 Å². The number of hydrogen-bond acceptors (Lipinski definition) is 4. The molecule has 1 aromatic rings. The third-order valence-corrected chi connectivity index (χ3v) is 3.11. The van der Waals surface area contributed by atoms with Crippen molar-refractivity contribution in [2.24, 2.45) is 10.7 Å². The topological polar surface area (TPSA) is 85.9 Å². The number of esters is 1. The Morgan fingerprint density at radius 1 is 1.41 bits per heavy atom. The number of nitrogens with two attached hydrogens (primary N) is 1. The highest BCUT2D eigenvalue weighted by Gasteiger charge is 2.12. The molecule has 22 heavy (non-hydrogen) atoms. The first-order chi connectivity index (χ1) is 10.0. The van der Waals surface area contributed by atoms with Crippen molar-refractivity contribution in [2.75, 3.05) is 14.2 Å². The van der Waals surface area contributed by atoms with Gasteiger partial charge in [0.15, 0.2) is 5.96 Å². The van der Waals surface area contributed by atoms with Gasteiger partial charge in [0.1, 0.15) is 11.3 Å². The molecule has 0 aliphatic rings. The fourth-order valence-electron chi connectivity index (χ4n) is 1.69. The van der Waals surface area contributed by atoms with E-state index in [0.717, 1.165) is 12.0 Å². The molecule has 0 saturated heterocycles. The van der Waals surface area contributed by atoms with Gasteiger partial charge in [-0.3, -0.25) is 0 Å². The van der Waals surface area contributed by atoms with Gasteiger partial charge >= 0.3 is 5.97 Å². The maximum atomic E-state index is 11.6. The number of carbonyl (C=O) groups is 1. The molecular weight excluding hydrogens is 397 g/mol. The maximum absolute atomic E-state index is 11.6. The summed E-state index contributed by atoms with van der Waals surface area (Å²) in [5.41, 5.74) is 7.09. The lowest BCUT2D eigenvalue weighted by molar-refractivity contribution is 0.0597. The van der Waals surface area contributed by atoms with E-state index in [-0.39, 0.29) is 30.0 Å². The van der Waals surface area contributed by atoms with Gasteiger partial charge in [0, 0.05) is 6.04 Å². The molecule has 1 atom stereocenters. The Hall–Kier alpha value is -1.51. The molecule has 7 heteroatoms. The summed E-state index contributed by atoms with van der Waals surface area (Å²) in [4.78, 5) is 15.8. The van der Waals surface area contributed by atoms with E-state index in [9.17, 15) is 4.79 Å². The molecule has 1 rings (SSSR count). The number of methoxy groups -OCH3 is 2. The van der Waals surface area contributed by atoms with Crippen LogP contribution in [0.4, 0.5) is 0 Å². The van der Waals surface area contributed by atoms with Crippen LogP contribution in [0, 0.1) is 0 Å². The van der Waals surface area contributed by atoms with Crippen LogP contribution in [0.15, 0.2) is 23.2 Å². The minimum absolute atomic E-state index is 0. The van der Waals surface area contributed by atoms with Crippen LogP contribution in [0.1, 0.15) is 36.2 Å². The third-order valence-electron chi connectivity index (χ3n) is 3.11. The van der Waals surface area contributed by atoms with Crippen molar-refractivity contribution in [2.45, 2.75) is 32.9 Å². The van der Waals surface area contributed by atoms with E-state index in [4.69, 9.17) is 15.2 Å². The minimum Gasteiger partial charge on any atom is -0.496 e. The van der Waals surface area contributed by atoms with Gasteiger partial charge in [0.2, 0.25) is 0 Å². The van der Waals surface area contributed by atoms with Crippen LogP contribution < -0.4 is 15.8 Å². The number of nitrogens with zero attached hydrogens (tertiary/aromatic N) is 1. The summed E-state index contributed by atoms with van der Waals surface area (Å²) in [7, 11) is 2.84. The predicted molar refractivity (Wildman–Crippen MR) is 98.0 cm³/mol. The highest BCUT2D eigenvalue weighted by molar-refractivity contribution is 14.0. The third kappa shape index (κ3) is 6.08. The summed E-state index contributed by atoms with van der Waals surface area (Å²) in [6.07, 6.45) is 0.970. The number of hydrogen-bond donors (Lipinski definition) is 2. The Morgan fingerprint density at radius 3 is 2.64 bits per heavy atom. The van der Waals surface area contributed by atoms with E-state index in [0.29, 0.717) is 23.8 Å². The van der Waals surface area contributed by atoms with E-state index in [1.807, 2.05) is 6.92 Å². The second-order valence-corrected chi connectivity index (χ2v) is 4.68. The van der Waals surface area contributed by atoms with Crippen LogP contribution in [-0.2, 0) is 11.3 Å². The van der Waals surface area contributed by atoms with Gasteiger partial charge in [-0.1, -0.05) is 13.0 Å². The van der Waals surface area contributed by atoms with E-state index < -0.39 is 5.97 Å². The van der Waals surface area contributed by atoms with E-state index in [2.05, 4.69) is 17.2 Å². The van der Waals surface area contributed by atoms with Gasteiger partial charge in [-0.15, -0.1) is 24.0 Å². The van der Waals surface area contributed by atoms with Gasteiger partial charge < -0.3 is 20.5 Å². The van der Waals surface area contributed by atoms with Crippen molar-refractivity contribution in [1.82, 2.24) is 5.32 Å². The molecule has 0 amide bonds. The number of ether oxygens (including phenoxy) is 2. The lowest BCUT2D eigenvalue weighted by atomic mass is 10.1. The molecule has 0 bridgehead atoms. The summed E-state index contributed by atoms with van der Waals surface area (Å²) in [6, 6.07) is 5.50. The average Bonchev–Trinajstić information content (AvgIpc) is 2.51. The molecule has 0 aromatic heterocycles. The number of nitrogens with one attached hydrogen (secondary N) is 1. The van der Waals surface area contributed by atoms with Crippen molar-refractivity contribution >= 4 is 35.9 Å². The summed E-state index contributed by atoms with van der Waals surface area (Å²) < 4.78 is 9.90. The Morgan fingerprint density at radius 2 is 2.09 bits per heavy atom. The number of rotatable bonds is 6. The maximum Gasteiger partial charge on any atom is 0.341 e. The first-order valence-electron chi connectivity index (χ1n) is 6.83. The number of benzene rings is 1. The molecule has 0 aliphatic carbocycles. The van der Waals surface area contributed by atoms with E-state index >= 15 is 0 Å². The monoisotopic (exact) mass is 421 g/mol. The highest BCUT2D eigenvalue weighted by atomic mass is 127. The van der Waals surface area contributed by atoms with Crippen molar-refractivity contribution in [3.05, 3.63) is 29.3 Å². The predicted octanol–water partition coefficient (Wildman–Crippen LogP) is 2.30.